The summed E-state index contributed by atoms with van der Waals surface area (Å²) in [6.07, 6.45) is 0. The summed E-state index contributed by atoms with van der Waals surface area (Å²) in [5, 5.41) is 9.04. The van der Waals surface area contributed by atoms with Gasteiger partial charge in [0.25, 0.3) is 0 Å². The van der Waals surface area contributed by atoms with Crippen molar-refractivity contribution in [2.75, 3.05) is 0 Å². The van der Waals surface area contributed by atoms with Crippen LogP contribution in [0.3, 0.4) is 0 Å². The first-order valence-corrected chi connectivity index (χ1v) is 5.16. The molecule has 0 aromatic carbocycles. The molecule has 0 fully saturated rings. The Morgan fingerprint density at radius 3 is 3.00 bits per heavy atom. The summed E-state index contributed by atoms with van der Waals surface area (Å²) in [7, 11) is 0. The highest BCUT2D eigenvalue weighted by Crippen LogP contribution is 2.24. The maximum Gasteiger partial charge on any atom is 0.119 e. The van der Waals surface area contributed by atoms with Crippen molar-refractivity contribution >= 4 is 23.6 Å². The molecule has 0 bridgehead atoms. The third kappa shape index (κ3) is 1.68. The number of nitrogens with zero attached hydrogens (tertiary/aromatic N) is 1. The molecule has 4 heteroatoms. The molecule has 0 radical (unpaired) electrons. The van der Waals surface area contributed by atoms with Crippen molar-refractivity contribution in [1.29, 1.82) is 0 Å². The van der Waals surface area contributed by atoms with E-state index in [1.807, 2.05) is 24.4 Å². The van der Waals surface area contributed by atoms with Gasteiger partial charge in [-0.1, -0.05) is 18.3 Å². The van der Waals surface area contributed by atoms with Gasteiger partial charge < -0.3 is 0 Å². The van der Waals surface area contributed by atoms with E-state index in [0.717, 1.165) is 11.3 Å². The van der Waals surface area contributed by atoms with E-state index in [9.17, 15) is 0 Å². The molecule has 0 saturated heterocycles. The molecule has 0 atom stereocenters. The maximum atomic E-state index is 4.97. The summed E-state index contributed by atoms with van der Waals surface area (Å²) >= 11 is 6.65. The van der Waals surface area contributed by atoms with Crippen LogP contribution in [-0.2, 0) is 0 Å². The number of hydrogen-bond acceptors (Lipinski definition) is 3. The molecule has 2 rings (SSSR count). The van der Waals surface area contributed by atoms with Crippen LogP contribution in [0.25, 0.3) is 10.6 Å². The monoisotopic (exact) mass is 208 g/mol. The van der Waals surface area contributed by atoms with E-state index >= 15 is 0 Å². The third-order valence-corrected chi connectivity index (χ3v) is 2.84. The van der Waals surface area contributed by atoms with E-state index in [-0.39, 0.29) is 0 Å². The maximum absolute atomic E-state index is 4.97. The zero-order valence-corrected chi connectivity index (χ0v) is 8.71. The minimum atomic E-state index is 0.679. The summed E-state index contributed by atoms with van der Waals surface area (Å²) in [4.78, 5) is 1.17. The van der Waals surface area contributed by atoms with Crippen molar-refractivity contribution in [3.8, 4) is 10.6 Å². The van der Waals surface area contributed by atoms with Gasteiger partial charge in [-0.3, -0.25) is 5.10 Å². The number of aromatic nitrogens is 2. The molecule has 2 nitrogen and oxygen atoms in total. The van der Waals surface area contributed by atoms with E-state index in [0.29, 0.717) is 4.64 Å². The van der Waals surface area contributed by atoms with Crippen LogP contribution in [0.1, 0.15) is 5.56 Å². The molecule has 2 aromatic heterocycles. The fourth-order valence-corrected chi connectivity index (χ4v) is 2.16. The summed E-state index contributed by atoms with van der Waals surface area (Å²) in [6, 6.07) is 6.00. The third-order valence-electron chi connectivity index (χ3n) is 1.75. The van der Waals surface area contributed by atoms with Crippen LogP contribution in [-0.4, -0.2) is 10.2 Å². The highest BCUT2D eigenvalue weighted by atomic mass is 32.1. The van der Waals surface area contributed by atoms with Crippen LogP contribution in [0.4, 0.5) is 0 Å². The average molecular weight is 208 g/mol. The Hall–Kier alpha value is -1.00. The highest BCUT2D eigenvalue weighted by Gasteiger charge is 2.03. The Balaban J connectivity index is 2.60. The molecule has 66 valence electrons. The number of aryl methyl sites for hydroxylation is 1. The summed E-state index contributed by atoms with van der Waals surface area (Å²) in [5.74, 6) is 0. The van der Waals surface area contributed by atoms with Gasteiger partial charge in [0.2, 0.25) is 0 Å². The molecule has 0 aliphatic carbocycles. The lowest BCUT2D eigenvalue weighted by Crippen LogP contribution is -1.89. The molecule has 2 aromatic rings. The minimum absolute atomic E-state index is 0.679. The van der Waals surface area contributed by atoms with Crippen LogP contribution >= 0.6 is 23.6 Å². The lowest BCUT2D eigenvalue weighted by Gasteiger charge is -1.99. The van der Waals surface area contributed by atoms with Crippen molar-refractivity contribution in [1.82, 2.24) is 10.2 Å². The Kier molecular flexibility index (Phi) is 2.24. The predicted molar refractivity (Wildman–Crippen MR) is 57.5 cm³/mol. The average Bonchev–Trinajstić information content (AvgIpc) is 2.56. The van der Waals surface area contributed by atoms with Gasteiger partial charge in [-0.2, -0.15) is 5.10 Å². The van der Waals surface area contributed by atoms with Gasteiger partial charge in [0.1, 0.15) is 10.3 Å². The Morgan fingerprint density at radius 2 is 2.38 bits per heavy atom. The zero-order valence-electron chi connectivity index (χ0n) is 7.07. The van der Waals surface area contributed by atoms with Gasteiger partial charge in [0, 0.05) is 0 Å². The van der Waals surface area contributed by atoms with Crippen molar-refractivity contribution in [2.45, 2.75) is 6.92 Å². The van der Waals surface area contributed by atoms with Gasteiger partial charge in [-0.25, -0.2) is 0 Å². The SMILES string of the molecule is Cc1cc(=S)[nH]nc1-c1cccs1. The lowest BCUT2D eigenvalue weighted by atomic mass is 10.2. The lowest BCUT2D eigenvalue weighted by molar-refractivity contribution is 1.01. The van der Waals surface area contributed by atoms with Gasteiger partial charge in [0.15, 0.2) is 0 Å². The Morgan fingerprint density at radius 1 is 1.54 bits per heavy atom. The highest BCUT2D eigenvalue weighted by molar-refractivity contribution is 7.71. The molecular weight excluding hydrogens is 200 g/mol. The fraction of sp³-hybridized carbons (Fsp3) is 0.111. The Bertz CT molecular complexity index is 457. The molecule has 0 unspecified atom stereocenters. The van der Waals surface area contributed by atoms with Gasteiger partial charge in [-0.05, 0) is 30.0 Å². The minimum Gasteiger partial charge on any atom is -0.267 e. The smallest absolute Gasteiger partial charge is 0.119 e. The summed E-state index contributed by atoms with van der Waals surface area (Å²) in [6.45, 7) is 2.02. The summed E-state index contributed by atoms with van der Waals surface area (Å²) in [5.41, 5.74) is 2.11. The van der Waals surface area contributed by atoms with Crippen LogP contribution in [0, 0.1) is 11.6 Å². The largest absolute Gasteiger partial charge is 0.267 e. The normalized spacial score (nSPS) is 10.2. The van der Waals surface area contributed by atoms with Crippen molar-refractivity contribution in [3.63, 3.8) is 0 Å². The van der Waals surface area contributed by atoms with E-state index in [1.54, 1.807) is 11.3 Å². The molecule has 0 saturated carbocycles. The van der Waals surface area contributed by atoms with Gasteiger partial charge >= 0.3 is 0 Å². The molecule has 0 spiro atoms. The molecule has 0 aliphatic rings. The van der Waals surface area contributed by atoms with Crippen LogP contribution in [0.2, 0.25) is 0 Å². The number of nitrogens with one attached hydrogen (secondary N) is 1. The second-order valence-corrected chi connectivity index (χ2v) is 4.13. The van der Waals surface area contributed by atoms with Crippen LogP contribution < -0.4 is 0 Å². The molecule has 13 heavy (non-hydrogen) atoms. The summed E-state index contributed by atoms with van der Waals surface area (Å²) < 4.78 is 0.679. The molecule has 2 heterocycles. The van der Waals surface area contributed by atoms with E-state index in [2.05, 4.69) is 16.3 Å². The second-order valence-electron chi connectivity index (χ2n) is 2.74. The van der Waals surface area contributed by atoms with E-state index in [4.69, 9.17) is 12.2 Å². The fourth-order valence-electron chi connectivity index (χ4n) is 1.16. The van der Waals surface area contributed by atoms with Crippen molar-refractivity contribution < 1.29 is 0 Å². The quantitative estimate of drug-likeness (QED) is 0.729. The molecule has 0 amide bonds. The number of rotatable bonds is 1. The molecule has 0 aliphatic heterocycles. The first-order valence-electron chi connectivity index (χ1n) is 3.87. The van der Waals surface area contributed by atoms with Gasteiger partial charge in [-0.15, -0.1) is 11.3 Å². The van der Waals surface area contributed by atoms with Crippen molar-refractivity contribution in [3.05, 3.63) is 33.8 Å². The Labute approximate surface area is 85.3 Å². The number of hydrogen-bond donors (Lipinski definition) is 1. The van der Waals surface area contributed by atoms with Gasteiger partial charge in [0.05, 0.1) is 4.88 Å². The predicted octanol–water partition coefficient (Wildman–Crippen LogP) is 3.18. The number of thiophene rings is 1. The van der Waals surface area contributed by atoms with E-state index in [1.165, 1.54) is 4.88 Å². The number of H-pyrrole nitrogens is 1. The first kappa shape index (κ1) is 8.59. The molecular formula is C9H8N2S2. The van der Waals surface area contributed by atoms with E-state index < -0.39 is 0 Å². The first-order chi connectivity index (χ1) is 6.27. The van der Waals surface area contributed by atoms with Crippen LogP contribution in [0.15, 0.2) is 23.6 Å². The van der Waals surface area contributed by atoms with Crippen LogP contribution in [0.5, 0.6) is 0 Å². The number of aromatic amines is 1. The zero-order chi connectivity index (χ0) is 9.26. The topological polar surface area (TPSA) is 28.7 Å². The van der Waals surface area contributed by atoms with Crippen molar-refractivity contribution in [2.24, 2.45) is 0 Å². The second kappa shape index (κ2) is 3.40. The molecule has 1 N–H and O–H groups in total. The standard InChI is InChI=1S/C9H8N2S2/c1-6-5-8(12)10-11-9(6)7-3-2-4-13-7/h2-5H,1H3,(H,10,12).